The molecule has 4 nitrogen and oxygen atoms in total. The van der Waals surface area contributed by atoms with Gasteiger partial charge in [0.1, 0.15) is 5.75 Å². The second-order valence-electron chi connectivity index (χ2n) is 4.81. The maximum atomic E-state index is 5.29. The van der Waals surface area contributed by atoms with Crippen LogP contribution in [0.4, 0.5) is 0 Å². The van der Waals surface area contributed by atoms with E-state index in [1.54, 1.807) is 7.11 Å². The van der Waals surface area contributed by atoms with Gasteiger partial charge in [-0.3, -0.25) is 0 Å². The lowest BCUT2D eigenvalue weighted by Crippen LogP contribution is -1.95. The molecule has 0 atom stereocenters. The summed E-state index contributed by atoms with van der Waals surface area (Å²) in [6, 6.07) is 16.1. The summed E-state index contributed by atoms with van der Waals surface area (Å²) in [7, 11) is 1.68. The molecule has 1 aliphatic rings. The molecule has 1 aromatic heterocycles. The molecule has 98 valence electrons. The number of methoxy groups -OCH3 is 1. The predicted molar refractivity (Wildman–Crippen MR) is 76.5 cm³/mol. The van der Waals surface area contributed by atoms with Gasteiger partial charge in [-0.05, 0) is 17.7 Å². The first-order valence-corrected chi connectivity index (χ1v) is 6.53. The molecule has 0 amide bonds. The molecule has 20 heavy (non-hydrogen) atoms. The van der Waals surface area contributed by atoms with Crippen LogP contribution in [0.1, 0.15) is 5.56 Å². The van der Waals surface area contributed by atoms with Gasteiger partial charge < -0.3 is 4.74 Å². The van der Waals surface area contributed by atoms with Crippen LogP contribution in [0, 0.1) is 0 Å². The predicted octanol–water partition coefficient (Wildman–Crippen LogP) is 2.98. The molecule has 3 aromatic rings. The summed E-state index contributed by atoms with van der Waals surface area (Å²) in [4.78, 5) is 4.67. The molecular formula is C16H13N3O. The summed E-state index contributed by atoms with van der Waals surface area (Å²) >= 11 is 0. The van der Waals surface area contributed by atoms with Gasteiger partial charge in [0.15, 0.2) is 11.6 Å². The Morgan fingerprint density at radius 1 is 1.10 bits per heavy atom. The maximum Gasteiger partial charge on any atom is 0.181 e. The highest BCUT2D eigenvalue weighted by molar-refractivity contribution is 5.69. The molecule has 1 aliphatic heterocycles. The summed E-state index contributed by atoms with van der Waals surface area (Å²) in [6.45, 7) is 0.772. The number of fused-ring (bicyclic) bond motifs is 3. The van der Waals surface area contributed by atoms with Crippen LogP contribution in [0.5, 0.6) is 5.75 Å². The van der Waals surface area contributed by atoms with E-state index in [1.807, 2.05) is 47.1 Å². The summed E-state index contributed by atoms with van der Waals surface area (Å²) in [5.74, 6) is 2.54. The van der Waals surface area contributed by atoms with E-state index < -0.39 is 0 Å². The van der Waals surface area contributed by atoms with Crippen LogP contribution in [0.3, 0.4) is 0 Å². The van der Waals surface area contributed by atoms with E-state index in [9.17, 15) is 0 Å². The average molecular weight is 263 g/mol. The van der Waals surface area contributed by atoms with Crippen molar-refractivity contribution in [1.29, 1.82) is 0 Å². The second kappa shape index (κ2) is 4.20. The molecular weight excluding hydrogens is 250 g/mol. The van der Waals surface area contributed by atoms with Crippen LogP contribution in [0.15, 0.2) is 48.5 Å². The second-order valence-corrected chi connectivity index (χ2v) is 4.81. The lowest BCUT2D eigenvalue weighted by Gasteiger charge is -2.02. The van der Waals surface area contributed by atoms with E-state index in [1.165, 1.54) is 5.56 Å². The normalized spacial score (nSPS) is 12.1. The van der Waals surface area contributed by atoms with Crippen LogP contribution in [-0.4, -0.2) is 21.9 Å². The van der Waals surface area contributed by atoms with E-state index in [2.05, 4.69) is 16.1 Å². The third kappa shape index (κ3) is 1.61. The molecule has 0 radical (unpaired) electrons. The van der Waals surface area contributed by atoms with E-state index in [4.69, 9.17) is 4.74 Å². The molecule has 4 heteroatoms. The van der Waals surface area contributed by atoms with E-state index in [0.29, 0.717) is 0 Å². The van der Waals surface area contributed by atoms with Crippen LogP contribution >= 0.6 is 0 Å². The van der Waals surface area contributed by atoms with Crippen molar-refractivity contribution in [3.05, 3.63) is 54.1 Å². The Bertz CT molecular complexity index is 778. The molecule has 0 fully saturated rings. The van der Waals surface area contributed by atoms with Crippen LogP contribution in [0.25, 0.3) is 22.8 Å². The van der Waals surface area contributed by atoms with Crippen molar-refractivity contribution in [2.24, 2.45) is 0 Å². The molecule has 0 N–H and O–H groups in total. The number of benzene rings is 2. The first kappa shape index (κ1) is 11.2. The van der Waals surface area contributed by atoms with Gasteiger partial charge in [0, 0.05) is 11.1 Å². The average Bonchev–Trinajstić information content (AvgIpc) is 3.05. The van der Waals surface area contributed by atoms with Crippen molar-refractivity contribution in [1.82, 2.24) is 14.8 Å². The molecule has 0 unspecified atom stereocenters. The number of aromatic nitrogens is 3. The van der Waals surface area contributed by atoms with Gasteiger partial charge in [0.2, 0.25) is 0 Å². The van der Waals surface area contributed by atoms with E-state index in [-0.39, 0.29) is 0 Å². The Morgan fingerprint density at radius 3 is 2.75 bits per heavy atom. The van der Waals surface area contributed by atoms with E-state index in [0.717, 1.165) is 35.1 Å². The molecule has 4 rings (SSSR count). The summed E-state index contributed by atoms with van der Waals surface area (Å²) < 4.78 is 7.24. The SMILES string of the molecule is COc1ccc2c(c1)-c1nc(-c3ccccc3)nn1C2. The Labute approximate surface area is 116 Å². The molecule has 2 heterocycles. The number of ether oxygens (including phenoxy) is 1. The number of rotatable bonds is 2. The Kier molecular flexibility index (Phi) is 2.36. The minimum absolute atomic E-state index is 0.772. The van der Waals surface area contributed by atoms with Gasteiger partial charge in [-0.2, -0.15) is 5.10 Å². The van der Waals surface area contributed by atoms with Crippen molar-refractivity contribution >= 4 is 0 Å². The molecule has 0 saturated carbocycles. The zero-order valence-electron chi connectivity index (χ0n) is 11.1. The van der Waals surface area contributed by atoms with Crippen LogP contribution < -0.4 is 4.74 Å². The third-order valence-electron chi connectivity index (χ3n) is 3.58. The lowest BCUT2D eigenvalue weighted by atomic mass is 10.1. The smallest absolute Gasteiger partial charge is 0.181 e. The third-order valence-corrected chi connectivity index (χ3v) is 3.58. The molecule has 0 bridgehead atoms. The standard InChI is InChI=1S/C16H13N3O/c1-20-13-8-7-12-10-19-16(14(12)9-13)17-15(18-19)11-5-3-2-4-6-11/h2-9H,10H2,1H3. The van der Waals surface area contributed by atoms with Gasteiger partial charge in [-0.15, -0.1) is 0 Å². The first-order chi connectivity index (χ1) is 9.85. The fourth-order valence-electron chi connectivity index (χ4n) is 2.55. The van der Waals surface area contributed by atoms with Crippen molar-refractivity contribution in [3.63, 3.8) is 0 Å². The summed E-state index contributed by atoms with van der Waals surface area (Å²) in [6.07, 6.45) is 0. The fraction of sp³-hybridized carbons (Fsp3) is 0.125. The van der Waals surface area contributed by atoms with Gasteiger partial charge in [-0.25, -0.2) is 9.67 Å². The largest absolute Gasteiger partial charge is 0.497 e. The monoisotopic (exact) mass is 263 g/mol. The number of hydrogen-bond donors (Lipinski definition) is 0. The zero-order chi connectivity index (χ0) is 13.5. The highest BCUT2D eigenvalue weighted by Crippen LogP contribution is 2.34. The number of hydrogen-bond acceptors (Lipinski definition) is 3. The first-order valence-electron chi connectivity index (χ1n) is 6.53. The highest BCUT2D eigenvalue weighted by atomic mass is 16.5. The van der Waals surface area contributed by atoms with Crippen LogP contribution in [-0.2, 0) is 6.54 Å². The fourth-order valence-corrected chi connectivity index (χ4v) is 2.55. The van der Waals surface area contributed by atoms with Gasteiger partial charge in [0.25, 0.3) is 0 Å². The van der Waals surface area contributed by atoms with Gasteiger partial charge in [0.05, 0.1) is 13.7 Å². The molecule has 0 aliphatic carbocycles. The van der Waals surface area contributed by atoms with E-state index >= 15 is 0 Å². The van der Waals surface area contributed by atoms with Gasteiger partial charge in [-0.1, -0.05) is 36.4 Å². The van der Waals surface area contributed by atoms with Crippen molar-refractivity contribution < 1.29 is 4.74 Å². The quantitative estimate of drug-likeness (QED) is 0.558. The molecule has 2 aromatic carbocycles. The molecule has 0 spiro atoms. The Hall–Kier alpha value is -2.62. The Morgan fingerprint density at radius 2 is 1.95 bits per heavy atom. The number of nitrogens with zero attached hydrogens (tertiary/aromatic N) is 3. The summed E-state index contributed by atoms with van der Waals surface area (Å²) in [5.41, 5.74) is 3.39. The zero-order valence-corrected chi connectivity index (χ0v) is 11.1. The minimum atomic E-state index is 0.772. The van der Waals surface area contributed by atoms with Crippen molar-refractivity contribution in [2.45, 2.75) is 6.54 Å². The van der Waals surface area contributed by atoms with Crippen molar-refractivity contribution in [2.75, 3.05) is 7.11 Å². The molecule has 0 saturated heterocycles. The Balaban J connectivity index is 1.82. The maximum absolute atomic E-state index is 5.29. The topological polar surface area (TPSA) is 39.9 Å². The summed E-state index contributed by atoms with van der Waals surface area (Å²) in [5, 5.41) is 4.60. The van der Waals surface area contributed by atoms with Crippen LogP contribution in [0.2, 0.25) is 0 Å². The highest BCUT2D eigenvalue weighted by Gasteiger charge is 2.23. The lowest BCUT2D eigenvalue weighted by molar-refractivity contribution is 0.415. The van der Waals surface area contributed by atoms with Gasteiger partial charge >= 0.3 is 0 Å². The minimum Gasteiger partial charge on any atom is -0.497 e. The van der Waals surface area contributed by atoms with Crippen molar-refractivity contribution in [3.8, 4) is 28.5 Å².